The van der Waals surface area contributed by atoms with Crippen molar-refractivity contribution in [2.45, 2.75) is 12.5 Å². The number of carbonyl (C=O) groups is 1. The fourth-order valence-corrected chi connectivity index (χ4v) is 3.50. The van der Waals surface area contributed by atoms with Crippen LogP contribution in [0.2, 0.25) is 5.02 Å². The number of carbonyl (C=O) groups excluding carboxylic acids is 1. The molecule has 7 heteroatoms. The molecular weight excluding hydrogens is 376 g/mol. The summed E-state index contributed by atoms with van der Waals surface area (Å²) in [5.74, 6) is -0.303. The fraction of sp³-hybridized carbons (Fsp3) is 0.143. The minimum absolute atomic E-state index is 0.171. The second-order valence-corrected chi connectivity index (χ2v) is 7.02. The van der Waals surface area contributed by atoms with Crippen LogP contribution >= 0.6 is 11.6 Å². The van der Waals surface area contributed by atoms with E-state index in [-0.39, 0.29) is 12.5 Å². The number of hydrogen-bond donors (Lipinski definition) is 4. The van der Waals surface area contributed by atoms with E-state index >= 15 is 0 Å². The molecule has 0 aliphatic carbocycles. The molecule has 142 valence electrons. The number of rotatable bonds is 6. The molecular formula is C21H19ClN4O2. The Kier molecular flexibility index (Phi) is 5.14. The summed E-state index contributed by atoms with van der Waals surface area (Å²) < 4.78 is 0. The van der Waals surface area contributed by atoms with Gasteiger partial charge in [0.25, 0.3) is 5.91 Å². The second-order valence-electron chi connectivity index (χ2n) is 6.59. The molecule has 1 unspecified atom stereocenters. The molecule has 4 aromatic rings. The van der Waals surface area contributed by atoms with Crippen LogP contribution in [-0.4, -0.2) is 38.8 Å². The van der Waals surface area contributed by atoms with Crippen LogP contribution in [0.1, 0.15) is 15.9 Å². The minimum atomic E-state index is -0.422. The van der Waals surface area contributed by atoms with Gasteiger partial charge >= 0.3 is 0 Å². The SMILES string of the molecule is O=C(NC(CO)Cc1c[nH]c2ccccc12)c1cn[nH]c1-c1cccc(Cl)c1. The Balaban J connectivity index is 1.53. The summed E-state index contributed by atoms with van der Waals surface area (Å²) >= 11 is 6.06. The highest BCUT2D eigenvalue weighted by Gasteiger charge is 2.20. The predicted molar refractivity (Wildman–Crippen MR) is 109 cm³/mol. The molecule has 0 saturated heterocycles. The van der Waals surface area contributed by atoms with Crippen LogP contribution in [0.4, 0.5) is 0 Å². The molecule has 0 aliphatic heterocycles. The van der Waals surface area contributed by atoms with Gasteiger partial charge in [-0.15, -0.1) is 0 Å². The summed E-state index contributed by atoms with van der Waals surface area (Å²) in [6.45, 7) is -0.171. The number of aromatic amines is 2. The Labute approximate surface area is 166 Å². The zero-order valence-corrected chi connectivity index (χ0v) is 15.7. The fourth-order valence-electron chi connectivity index (χ4n) is 3.31. The molecule has 0 saturated carbocycles. The number of amides is 1. The molecule has 4 N–H and O–H groups in total. The maximum atomic E-state index is 12.8. The first-order valence-corrected chi connectivity index (χ1v) is 9.29. The van der Waals surface area contributed by atoms with E-state index in [1.54, 1.807) is 12.1 Å². The van der Waals surface area contributed by atoms with Crippen molar-refractivity contribution in [3.63, 3.8) is 0 Å². The van der Waals surface area contributed by atoms with Crippen molar-refractivity contribution in [1.82, 2.24) is 20.5 Å². The van der Waals surface area contributed by atoms with Crippen LogP contribution in [0.5, 0.6) is 0 Å². The first-order valence-electron chi connectivity index (χ1n) is 8.91. The van der Waals surface area contributed by atoms with Gasteiger partial charge in [0.15, 0.2) is 0 Å². The van der Waals surface area contributed by atoms with Gasteiger partial charge in [0.1, 0.15) is 0 Å². The molecule has 2 heterocycles. The van der Waals surface area contributed by atoms with Crippen LogP contribution in [0.15, 0.2) is 60.9 Å². The number of fused-ring (bicyclic) bond motifs is 1. The van der Waals surface area contributed by atoms with Gasteiger partial charge in [-0.25, -0.2) is 0 Å². The number of para-hydroxylation sites is 1. The number of hydrogen-bond acceptors (Lipinski definition) is 3. The smallest absolute Gasteiger partial charge is 0.255 e. The molecule has 6 nitrogen and oxygen atoms in total. The van der Waals surface area contributed by atoms with Crippen LogP contribution < -0.4 is 5.32 Å². The van der Waals surface area contributed by atoms with Crippen LogP contribution in [0.3, 0.4) is 0 Å². The summed E-state index contributed by atoms with van der Waals surface area (Å²) in [5.41, 5.74) is 3.83. The maximum Gasteiger partial charge on any atom is 0.255 e. The third kappa shape index (κ3) is 3.65. The van der Waals surface area contributed by atoms with Crippen LogP contribution in [0.25, 0.3) is 22.2 Å². The number of aliphatic hydroxyl groups is 1. The van der Waals surface area contributed by atoms with Gasteiger partial charge in [0.2, 0.25) is 0 Å². The predicted octanol–water partition coefficient (Wildman–Crippen LogP) is 3.54. The molecule has 1 amide bonds. The Bertz CT molecular complexity index is 1120. The van der Waals surface area contributed by atoms with E-state index in [0.29, 0.717) is 22.7 Å². The Morgan fingerprint density at radius 3 is 2.89 bits per heavy atom. The maximum absolute atomic E-state index is 12.8. The van der Waals surface area contributed by atoms with E-state index < -0.39 is 6.04 Å². The van der Waals surface area contributed by atoms with Crippen molar-refractivity contribution in [1.29, 1.82) is 0 Å². The Morgan fingerprint density at radius 1 is 1.21 bits per heavy atom. The first kappa shape index (κ1) is 18.3. The van der Waals surface area contributed by atoms with Crippen LogP contribution in [-0.2, 0) is 6.42 Å². The standard InChI is InChI=1S/C21H19ClN4O2/c22-15-5-3-4-13(8-15)20-18(11-24-26-20)21(28)25-16(12-27)9-14-10-23-19-7-2-1-6-17(14)19/h1-8,10-11,16,23,27H,9,12H2,(H,24,26)(H,25,28). The largest absolute Gasteiger partial charge is 0.394 e. The van der Waals surface area contributed by atoms with Crippen molar-refractivity contribution in [3.05, 3.63) is 77.1 Å². The topological polar surface area (TPSA) is 93.8 Å². The summed E-state index contributed by atoms with van der Waals surface area (Å²) in [4.78, 5) is 16.0. The van der Waals surface area contributed by atoms with Crippen LogP contribution in [0, 0.1) is 0 Å². The lowest BCUT2D eigenvalue weighted by Gasteiger charge is -2.16. The first-order chi connectivity index (χ1) is 13.7. The Hall–Kier alpha value is -3.09. The number of aromatic nitrogens is 3. The summed E-state index contributed by atoms with van der Waals surface area (Å²) in [6, 6.07) is 14.7. The van der Waals surface area contributed by atoms with Crippen molar-refractivity contribution in [3.8, 4) is 11.3 Å². The average Bonchev–Trinajstić information content (AvgIpc) is 3.35. The lowest BCUT2D eigenvalue weighted by molar-refractivity contribution is 0.0917. The van der Waals surface area contributed by atoms with E-state index in [0.717, 1.165) is 22.0 Å². The normalized spacial score (nSPS) is 12.2. The lowest BCUT2D eigenvalue weighted by Crippen LogP contribution is -2.39. The van der Waals surface area contributed by atoms with Gasteiger partial charge in [0.05, 0.1) is 30.1 Å². The molecule has 0 fully saturated rings. The summed E-state index contributed by atoms with van der Waals surface area (Å²) in [6.07, 6.45) is 3.90. The molecule has 2 aromatic carbocycles. The number of aliphatic hydroxyl groups excluding tert-OH is 1. The molecule has 0 aliphatic rings. The minimum Gasteiger partial charge on any atom is -0.394 e. The lowest BCUT2D eigenvalue weighted by atomic mass is 10.0. The number of halogens is 1. The molecule has 2 aromatic heterocycles. The zero-order valence-electron chi connectivity index (χ0n) is 14.9. The van der Waals surface area contributed by atoms with Crippen molar-refractivity contribution >= 4 is 28.4 Å². The van der Waals surface area contributed by atoms with Gasteiger partial charge < -0.3 is 15.4 Å². The van der Waals surface area contributed by atoms with E-state index in [9.17, 15) is 9.90 Å². The quantitative estimate of drug-likeness (QED) is 0.403. The monoisotopic (exact) mass is 394 g/mol. The number of benzene rings is 2. The summed E-state index contributed by atoms with van der Waals surface area (Å²) in [7, 11) is 0. The van der Waals surface area contributed by atoms with Gasteiger partial charge in [-0.2, -0.15) is 5.10 Å². The third-order valence-corrected chi connectivity index (χ3v) is 4.93. The van der Waals surface area contributed by atoms with E-state index in [1.807, 2.05) is 42.6 Å². The van der Waals surface area contributed by atoms with E-state index in [2.05, 4.69) is 20.5 Å². The highest BCUT2D eigenvalue weighted by Crippen LogP contribution is 2.24. The molecule has 0 spiro atoms. The van der Waals surface area contributed by atoms with Gasteiger partial charge in [0, 0.05) is 27.7 Å². The van der Waals surface area contributed by atoms with Crippen molar-refractivity contribution < 1.29 is 9.90 Å². The van der Waals surface area contributed by atoms with Crippen molar-refractivity contribution in [2.75, 3.05) is 6.61 Å². The van der Waals surface area contributed by atoms with Gasteiger partial charge in [-0.1, -0.05) is 41.9 Å². The highest BCUT2D eigenvalue weighted by atomic mass is 35.5. The summed E-state index contributed by atoms with van der Waals surface area (Å²) in [5, 5.41) is 21.2. The molecule has 4 rings (SSSR count). The van der Waals surface area contributed by atoms with Gasteiger partial charge in [-0.05, 0) is 30.2 Å². The molecule has 28 heavy (non-hydrogen) atoms. The van der Waals surface area contributed by atoms with Crippen molar-refractivity contribution in [2.24, 2.45) is 0 Å². The number of H-pyrrole nitrogens is 2. The number of nitrogens with one attached hydrogen (secondary N) is 3. The zero-order chi connectivity index (χ0) is 19.5. The molecule has 0 bridgehead atoms. The average molecular weight is 395 g/mol. The van der Waals surface area contributed by atoms with E-state index in [4.69, 9.17) is 11.6 Å². The highest BCUT2D eigenvalue weighted by molar-refractivity contribution is 6.30. The Morgan fingerprint density at radius 2 is 2.07 bits per heavy atom. The van der Waals surface area contributed by atoms with E-state index in [1.165, 1.54) is 6.20 Å². The van der Waals surface area contributed by atoms with Gasteiger partial charge in [-0.3, -0.25) is 9.89 Å². The second kappa shape index (κ2) is 7.88. The third-order valence-electron chi connectivity index (χ3n) is 4.69. The molecule has 1 atom stereocenters. The molecule has 0 radical (unpaired) electrons. The number of nitrogens with zero attached hydrogens (tertiary/aromatic N) is 1.